The summed E-state index contributed by atoms with van der Waals surface area (Å²) < 4.78 is 10.2. The number of nitrogens with two attached hydrogens (primary N) is 1. The minimum atomic E-state index is -0.431. The number of fused-ring (bicyclic) bond motifs is 2. The lowest BCUT2D eigenvalue weighted by atomic mass is 10.1. The molecule has 0 fully saturated rings. The summed E-state index contributed by atoms with van der Waals surface area (Å²) in [5.41, 5.74) is 6.58. The lowest BCUT2D eigenvalue weighted by Crippen LogP contribution is -2.12. The molecule has 4 N–H and O–H groups in total. The molecule has 0 amide bonds. The smallest absolute Gasteiger partial charge is 0.339 e. The molecule has 4 aromatic rings. The number of halogens is 1. The van der Waals surface area contributed by atoms with E-state index in [4.69, 9.17) is 26.2 Å². The van der Waals surface area contributed by atoms with E-state index >= 15 is 0 Å². The van der Waals surface area contributed by atoms with Crippen molar-refractivity contribution in [3.8, 4) is 11.5 Å². The van der Waals surface area contributed by atoms with Crippen LogP contribution in [0.5, 0.6) is 11.5 Å². The Bertz CT molecular complexity index is 1340. The molecule has 0 bridgehead atoms. The van der Waals surface area contributed by atoms with Gasteiger partial charge < -0.3 is 24.8 Å². The summed E-state index contributed by atoms with van der Waals surface area (Å²) in [4.78, 5) is 23.0. The topological polar surface area (TPSA) is 127 Å². The number of benzene rings is 2. The molecule has 8 heteroatoms. The van der Waals surface area contributed by atoms with E-state index in [0.29, 0.717) is 40.6 Å². The van der Waals surface area contributed by atoms with Crippen molar-refractivity contribution in [1.29, 1.82) is 0 Å². The molecule has 170 valence electrons. The van der Waals surface area contributed by atoms with Crippen LogP contribution < -0.4 is 17.0 Å². The molecule has 0 unspecified atom stereocenters. The Morgan fingerprint density at radius 1 is 0.875 bits per heavy atom. The summed E-state index contributed by atoms with van der Waals surface area (Å²) in [5, 5.41) is 20.3. The third kappa shape index (κ3) is 5.69. The first-order valence-electron chi connectivity index (χ1n) is 9.73. The summed E-state index contributed by atoms with van der Waals surface area (Å²) in [7, 11) is 0. The molecule has 0 spiro atoms. The van der Waals surface area contributed by atoms with Gasteiger partial charge >= 0.3 is 11.3 Å². The van der Waals surface area contributed by atoms with E-state index < -0.39 is 5.63 Å². The number of phenols is 2. The quantitative estimate of drug-likeness (QED) is 0.376. The zero-order chi connectivity index (χ0) is 22.5. The molecule has 0 aliphatic rings. The zero-order valence-electron chi connectivity index (χ0n) is 16.9. The molecule has 0 saturated carbocycles. The van der Waals surface area contributed by atoms with Crippen molar-refractivity contribution < 1.29 is 19.0 Å². The second-order valence-electron chi connectivity index (χ2n) is 6.97. The van der Waals surface area contributed by atoms with Crippen LogP contribution in [0.4, 0.5) is 0 Å². The van der Waals surface area contributed by atoms with Crippen LogP contribution in [-0.2, 0) is 12.8 Å². The molecule has 2 heterocycles. The molecule has 2 aromatic carbocycles. The van der Waals surface area contributed by atoms with E-state index in [1.807, 2.05) is 13.0 Å². The number of rotatable bonds is 4. The maximum Gasteiger partial charge on any atom is 0.339 e. The highest BCUT2D eigenvalue weighted by Gasteiger charge is 2.08. The van der Waals surface area contributed by atoms with Gasteiger partial charge in [-0.25, -0.2) is 9.59 Å². The fourth-order valence-electron chi connectivity index (χ4n) is 3.09. The number of aromatic hydroxyl groups is 2. The average Bonchev–Trinajstić information content (AvgIpc) is 2.72. The highest BCUT2D eigenvalue weighted by Crippen LogP contribution is 2.28. The van der Waals surface area contributed by atoms with Crippen molar-refractivity contribution >= 4 is 33.5 Å². The van der Waals surface area contributed by atoms with E-state index in [0.717, 1.165) is 18.2 Å². The standard InChI is InChI=1S/C12H12O3.C11H10ClNO3.CH4/c1-2-3-9-6-8-4-5-10(13)7-11(8)15-12(9)14;12-8-4-7-3-6(1-2-13)11(15)16-10(7)5-9(8)14;/h4-7,13H,2-3H2,1H3;3-5,14H,1-2,13H2;1H4. The Morgan fingerprint density at radius 2 is 1.47 bits per heavy atom. The normalized spacial score (nSPS) is 10.5. The molecule has 0 radical (unpaired) electrons. The van der Waals surface area contributed by atoms with Crippen molar-refractivity contribution in [3.63, 3.8) is 0 Å². The van der Waals surface area contributed by atoms with Crippen LogP contribution in [0.3, 0.4) is 0 Å². The largest absolute Gasteiger partial charge is 0.508 e. The highest BCUT2D eigenvalue weighted by molar-refractivity contribution is 6.32. The number of hydrogen-bond donors (Lipinski definition) is 3. The van der Waals surface area contributed by atoms with Crippen LogP contribution in [0, 0.1) is 0 Å². The summed E-state index contributed by atoms with van der Waals surface area (Å²) in [6.45, 7) is 2.39. The molecular weight excluding hydrogens is 434 g/mol. The van der Waals surface area contributed by atoms with E-state index in [-0.39, 0.29) is 29.6 Å². The van der Waals surface area contributed by atoms with Crippen LogP contribution in [0.15, 0.2) is 60.9 Å². The monoisotopic (exact) mass is 459 g/mol. The van der Waals surface area contributed by atoms with Crippen molar-refractivity contribution in [2.45, 2.75) is 33.6 Å². The van der Waals surface area contributed by atoms with Gasteiger partial charge in [0.15, 0.2) is 0 Å². The van der Waals surface area contributed by atoms with Crippen LogP contribution in [0.25, 0.3) is 21.9 Å². The van der Waals surface area contributed by atoms with Gasteiger partial charge in [-0.05, 0) is 49.7 Å². The molecule has 4 rings (SSSR count). The van der Waals surface area contributed by atoms with Crippen molar-refractivity contribution in [2.75, 3.05) is 6.54 Å². The summed E-state index contributed by atoms with van der Waals surface area (Å²) >= 11 is 5.76. The Kier molecular flexibility index (Phi) is 8.46. The molecule has 7 nitrogen and oxygen atoms in total. The first-order valence-corrected chi connectivity index (χ1v) is 10.1. The van der Waals surface area contributed by atoms with Gasteiger partial charge in [0.2, 0.25) is 0 Å². The fourth-order valence-corrected chi connectivity index (χ4v) is 3.26. The molecule has 32 heavy (non-hydrogen) atoms. The number of phenolic OH excluding ortho intramolecular Hbond substituents is 2. The predicted octanol–water partition coefficient (Wildman–Crippen LogP) is 4.74. The van der Waals surface area contributed by atoms with Crippen molar-refractivity contribution in [3.05, 3.63) is 79.5 Å². The average molecular weight is 460 g/mol. The van der Waals surface area contributed by atoms with Gasteiger partial charge in [-0.2, -0.15) is 0 Å². The highest BCUT2D eigenvalue weighted by atomic mass is 35.5. The van der Waals surface area contributed by atoms with Gasteiger partial charge in [-0.1, -0.05) is 32.4 Å². The lowest BCUT2D eigenvalue weighted by Gasteiger charge is -2.02. The summed E-state index contributed by atoms with van der Waals surface area (Å²) in [5.74, 6) is -0.00205. The minimum absolute atomic E-state index is 0. The Morgan fingerprint density at radius 3 is 2.09 bits per heavy atom. The molecule has 0 atom stereocenters. The Hall–Kier alpha value is -3.29. The van der Waals surface area contributed by atoms with E-state index in [9.17, 15) is 19.8 Å². The molecule has 0 aliphatic heterocycles. The van der Waals surface area contributed by atoms with Crippen LogP contribution in [0.1, 0.15) is 31.9 Å². The fraction of sp³-hybridized carbons (Fsp3) is 0.250. The van der Waals surface area contributed by atoms with Gasteiger partial charge in [-0.3, -0.25) is 0 Å². The third-order valence-electron chi connectivity index (χ3n) is 4.60. The maximum atomic E-state index is 11.5. The molecular formula is C24H26ClNO6. The third-order valence-corrected chi connectivity index (χ3v) is 4.90. The minimum Gasteiger partial charge on any atom is -0.508 e. The number of aryl methyl sites for hydroxylation is 1. The van der Waals surface area contributed by atoms with Gasteiger partial charge in [0, 0.05) is 34.0 Å². The van der Waals surface area contributed by atoms with Gasteiger partial charge in [0.25, 0.3) is 0 Å². The Balaban J connectivity index is 0.000000220. The molecule has 0 saturated heterocycles. The van der Waals surface area contributed by atoms with Crippen LogP contribution >= 0.6 is 11.6 Å². The first-order chi connectivity index (χ1) is 14.8. The van der Waals surface area contributed by atoms with Gasteiger partial charge in [0.1, 0.15) is 22.7 Å². The lowest BCUT2D eigenvalue weighted by molar-refractivity contribution is 0.472. The van der Waals surface area contributed by atoms with Crippen LogP contribution in [0.2, 0.25) is 5.02 Å². The van der Waals surface area contributed by atoms with Gasteiger partial charge in [0.05, 0.1) is 5.02 Å². The molecule has 0 aliphatic carbocycles. The number of hydrogen-bond acceptors (Lipinski definition) is 7. The second kappa shape index (κ2) is 10.8. The van der Waals surface area contributed by atoms with E-state index in [1.165, 1.54) is 12.1 Å². The second-order valence-corrected chi connectivity index (χ2v) is 7.38. The maximum absolute atomic E-state index is 11.5. The summed E-state index contributed by atoms with van der Waals surface area (Å²) in [6.07, 6.45) is 2.09. The van der Waals surface area contributed by atoms with E-state index in [2.05, 4.69) is 0 Å². The van der Waals surface area contributed by atoms with E-state index in [1.54, 1.807) is 24.3 Å². The predicted molar refractivity (Wildman–Crippen MR) is 127 cm³/mol. The summed E-state index contributed by atoms with van der Waals surface area (Å²) in [6, 6.07) is 11.2. The first kappa shape index (κ1) is 25.0. The van der Waals surface area contributed by atoms with Crippen molar-refractivity contribution in [1.82, 2.24) is 0 Å². The van der Waals surface area contributed by atoms with Crippen LogP contribution in [-0.4, -0.2) is 16.8 Å². The Labute approximate surface area is 189 Å². The molecule has 2 aromatic heterocycles. The van der Waals surface area contributed by atoms with Crippen molar-refractivity contribution in [2.24, 2.45) is 5.73 Å². The SMILES string of the molecule is C.CCCc1cc2ccc(O)cc2oc1=O.NCCc1cc2cc(Cl)c(O)cc2oc1=O. The zero-order valence-corrected chi connectivity index (χ0v) is 17.6. The van der Waals surface area contributed by atoms with Gasteiger partial charge in [-0.15, -0.1) is 0 Å².